The summed E-state index contributed by atoms with van der Waals surface area (Å²) in [6, 6.07) is 10.1. The molecule has 6 heteroatoms. The van der Waals surface area contributed by atoms with Gasteiger partial charge in [-0.1, -0.05) is 0 Å². The second kappa shape index (κ2) is 5.67. The van der Waals surface area contributed by atoms with E-state index in [2.05, 4.69) is 26.6 Å². The third-order valence-electron chi connectivity index (χ3n) is 3.24. The van der Waals surface area contributed by atoms with Gasteiger partial charge in [-0.05, 0) is 42.7 Å². The van der Waals surface area contributed by atoms with Crippen LogP contribution in [0, 0.1) is 11.3 Å². The molecule has 2 N–H and O–H groups in total. The van der Waals surface area contributed by atoms with Crippen LogP contribution in [0.1, 0.15) is 24.0 Å². The van der Waals surface area contributed by atoms with Gasteiger partial charge in [-0.15, -0.1) is 0 Å². The number of rotatable bonds is 5. The second-order valence-electron chi connectivity index (χ2n) is 4.86. The highest BCUT2D eigenvalue weighted by Gasteiger charge is 2.24. The van der Waals surface area contributed by atoms with Crippen molar-refractivity contribution in [1.29, 1.82) is 5.26 Å². The molecule has 0 atom stereocenters. The average Bonchev–Trinajstić information content (AvgIpc) is 3.25. The van der Waals surface area contributed by atoms with Crippen LogP contribution in [0.5, 0.6) is 5.75 Å². The van der Waals surface area contributed by atoms with E-state index >= 15 is 0 Å². The molecule has 1 saturated carbocycles. The maximum atomic E-state index is 9.25. The molecular formula is C15H15N5O. The monoisotopic (exact) mass is 281 g/mol. The van der Waals surface area contributed by atoms with Crippen LogP contribution in [0.15, 0.2) is 29.3 Å². The van der Waals surface area contributed by atoms with Crippen molar-refractivity contribution in [3.8, 4) is 11.8 Å². The lowest BCUT2D eigenvalue weighted by atomic mass is 10.2. The van der Waals surface area contributed by atoms with Crippen molar-refractivity contribution < 1.29 is 4.74 Å². The Morgan fingerprint density at radius 3 is 2.81 bits per heavy atom. The van der Waals surface area contributed by atoms with Gasteiger partial charge >= 0.3 is 0 Å². The van der Waals surface area contributed by atoms with E-state index in [9.17, 15) is 5.26 Å². The Labute approximate surface area is 122 Å². The normalized spacial score (nSPS) is 14.1. The Balaban J connectivity index is 1.78. The van der Waals surface area contributed by atoms with Gasteiger partial charge in [-0.3, -0.25) is 5.10 Å². The van der Waals surface area contributed by atoms with Gasteiger partial charge in [0.1, 0.15) is 17.4 Å². The number of ether oxygens (including phenoxy) is 1. The van der Waals surface area contributed by atoms with Crippen molar-refractivity contribution in [1.82, 2.24) is 10.2 Å². The average molecular weight is 281 g/mol. The molecule has 0 radical (unpaired) electrons. The molecule has 0 unspecified atom stereocenters. The van der Waals surface area contributed by atoms with Gasteiger partial charge in [0, 0.05) is 12.3 Å². The molecule has 1 fully saturated rings. The number of aromatic amines is 1. The van der Waals surface area contributed by atoms with Gasteiger partial charge in [-0.2, -0.15) is 10.4 Å². The molecule has 1 heterocycles. The van der Waals surface area contributed by atoms with E-state index in [4.69, 9.17) is 4.74 Å². The fourth-order valence-corrected chi connectivity index (χ4v) is 1.89. The van der Waals surface area contributed by atoms with Crippen LogP contribution in [0.4, 0.5) is 11.6 Å². The zero-order valence-electron chi connectivity index (χ0n) is 11.6. The molecule has 106 valence electrons. The lowest BCUT2D eigenvalue weighted by Crippen LogP contribution is -2.02. The molecule has 1 aliphatic carbocycles. The molecular weight excluding hydrogens is 266 g/mol. The maximum Gasteiger partial charge on any atom is 0.168 e. The standard InChI is InChI=1S/C15H15N5O/c1-21-12-6-2-10(3-7-12)9-17-14-13(8-16)15(20-19-14)18-11-4-5-11/h2-3,6-7,9,11H,4-5H2,1H3,(H2,18,19,20)/b17-9+. The quantitative estimate of drug-likeness (QED) is 0.825. The highest BCUT2D eigenvalue weighted by atomic mass is 16.5. The number of nitriles is 1. The minimum absolute atomic E-state index is 0.443. The van der Waals surface area contributed by atoms with E-state index in [1.807, 2.05) is 24.3 Å². The summed E-state index contributed by atoms with van der Waals surface area (Å²) in [5.41, 5.74) is 1.37. The summed E-state index contributed by atoms with van der Waals surface area (Å²) >= 11 is 0. The van der Waals surface area contributed by atoms with Crippen LogP contribution >= 0.6 is 0 Å². The van der Waals surface area contributed by atoms with Crippen molar-refractivity contribution in [2.24, 2.45) is 4.99 Å². The minimum Gasteiger partial charge on any atom is -0.497 e. The Morgan fingerprint density at radius 1 is 1.43 bits per heavy atom. The Morgan fingerprint density at radius 2 is 2.19 bits per heavy atom. The summed E-state index contributed by atoms with van der Waals surface area (Å²) in [5.74, 6) is 1.85. The molecule has 3 rings (SSSR count). The molecule has 1 aromatic heterocycles. The van der Waals surface area contributed by atoms with E-state index in [0.717, 1.165) is 24.2 Å². The molecule has 0 spiro atoms. The number of methoxy groups -OCH3 is 1. The Kier molecular flexibility index (Phi) is 3.56. The third-order valence-corrected chi connectivity index (χ3v) is 3.24. The van der Waals surface area contributed by atoms with Crippen molar-refractivity contribution >= 4 is 17.9 Å². The largest absolute Gasteiger partial charge is 0.497 e. The number of aromatic nitrogens is 2. The SMILES string of the molecule is COc1ccc(/C=N/c2[nH]nc(NC3CC3)c2C#N)cc1. The molecule has 1 aliphatic rings. The van der Waals surface area contributed by atoms with Crippen LogP contribution in [-0.2, 0) is 0 Å². The number of anilines is 1. The number of aliphatic imine (C=N–C) groups is 1. The molecule has 6 nitrogen and oxygen atoms in total. The number of benzene rings is 1. The highest BCUT2D eigenvalue weighted by molar-refractivity contribution is 5.83. The van der Waals surface area contributed by atoms with Gasteiger partial charge in [0.25, 0.3) is 0 Å². The van der Waals surface area contributed by atoms with Gasteiger partial charge < -0.3 is 10.1 Å². The predicted molar refractivity (Wildman–Crippen MR) is 80.2 cm³/mol. The number of H-pyrrole nitrogens is 1. The molecule has 0 saturated heterocycles. The Bertz CT molecular complexity index is 692. The van der Waals surface area contributed by atoms with E-state index in [1.165, 1.54) is 0 Å². The van der Waals surface area contributed by atoms with Gasteiger partial charge in [0.15, 0.2) is 11.6 Å². The molecule has 0 aliphatic heterocycles. The van der Waals surface area contributed by atoms with Crippen molar-refractivity contribution in [3.63, 3.8) is 0 Å². The maximum absolute atomic E-state index is 9.25. The molecule has 21 heavy (non-hydrogen) atoms. The lowest BCUT2D eigenvalue weighted by molar-refractivity contribution is 0.415. The topological polar surface area (TPSA) is 86.1 Å². The molecule has 0 bridgehead atoms. The fourth-order valence-electron chi connectivity index (χ4n) is 1.89. The first kappa shape index (κ1) is 13.2. The van der Waals surface area contributed by atoms with E-state index < -0.39 is 0 Å². The van der Waals surface area contributed by atoms with Crippen molar-refractivity contribution in [2.45, 2.75) is 18.9 Å². The lowest BCUT2D eigenvalue weighted by Gasteiger charge is -1.99. The molecule has 2 aromatic rings. The van der Waals surface area contributed by atoms with Gasteiger partial charge in [0.2, 0.25) is 0 Å². The Hall–Kier alpha value is -2.81. The molecule has 1 aromatic carbocycles. The van der Waals surface area contributed by atoms with Crippen LogP contribution in [0.2, 0.25) is 0 Å². The van der Waals surface area contributed by atoms with Crippen molar-refractivity contribution in [3.05, 3.63) is 35.4 Å². The van der Waals surface area contributed by atoms with E-state index in [1.54, 1.807) is 13.3 Å². The molecule has 0 amide bonds. The number of nitrogens with one attached hydrogen (secondary N) is 2. The van der Waals surface area contributed by atoms with Crippen LogP contribution in [0.3, 0.4) is 0 Å². The number of hydrogen-bond acceptors (Lipinski definition) is 5. The predicted octanol–water partition coefficient (Wildman–Crippen LogP) is 2.61. The van der Waals surface area contributed by atoms with Gasteiger partial charge in [0.05, 0.1) is 7.11 Å². The number of nitrogens with zero attached hydrogens (tertiary/aromatic N) is 3. The van der Waals surface area contributed by atoms with Gasteiger partial charge in [-0.25, -0.2) is 4.99 Å². The number of hydrogen-bond donors (Lipinski definition) is 2. The fraction of sp³-hybridized carbons (Fsp3) is 0.267. The van der Waals surface area contributed by atoms with E-state index in [0.29, 0.717) is 23.2 Å². The highest BCUT2D eigenvalue weighted by Crippen LogP contribution is 2.29. The van der Waals surface area contributed by atoms with Crippen LogP contribution in [0.25, 0.3) is 0 Å². The van der Waals surface area contributed by atoms with Crippen molar-refractivity contribution in [2.75, 3.05) is 12.4 Å². The summed E-state index contributed by atoms with van der Waals surface area (Å²) < 4.78 is 5.10. The minimum atomic E-state index is 0.443. The first-order valence-electron chi connectivity index (χ1n) is 6.73. The third kappa shape index (κ3) is 3.03. The van der Waals surface area contributed by atoms with Crippen LogP contribution < -0.4 is 10.1 Å². The summed E-state index contributed by atoms with van der Waals surface area (Å²) in [4.78, 5) is 4.30. The van der Waals surface area contributed by atoms with E-state index in [-0.39, 0.29) is 0 Å². The first-order chi connectivity index (χ1) is 10.3. The second-order valence-corrected chi connectivity index (χ2v) is 4.86. The summed E-state index contributed by atoms with van der Waals surface area (Å²) in [7, 11) is 1.63. The zero-order chi connectivity index (χ0) is 14.7. The van der Waals surface area contributed by atoms with Crippen LogP contribution in [-0.4, -0.2) is 29.6 Å². The summed E-state index contributed by atoms with van der Waals surface area (Å²) in [6.07, 6.45) is 3.94. The smallest absolute Gasteiger partial charge is 0.168 e. The summed E-state index contributed by atoms with van der Waals surface area (Å²) in [5, 5.41) is 19.4. The summed E-state index contributed by atoms with van der Waals surface area (Å²) in [6.45, 7) is 0. The zero-order valence-corrected chi connectivity index (χ0v) is 11.6. The first-order valence-corrected chi connectivity index (χ1v) is 6.73.